The Balaban J connectivity index is 0.00000196. The van der Waals surface area contributed by atoms with E-state index in [1.807, 2.05) is 0 Å². The van der Waals surface area contributed by atoms with Crippen LogP contribution in [0, 0.1) is 5.92 Å². The molecule has 1 aliphatic rings. The van der Waals surface area contributed by atoms with E-state index in [-0.39, 0.29) is 24.2 Å². The minimum absolute atomic E-state index is 0. The van der Waals surface area contributed by atoms with Crippen LogP contribution in [0.2, 0.25) is 0 Å². The fraction of sp³-hybridized carbons (Fsp3) is 0.900. The lowest BCUT2D eigenvalue weighted by atomic mass is 10.1. The lowest BCUT2D eigenvalue weighted by Crippen LogP contribution is -2.36. The fourth-order valence-corrected chi connectivity index (χ4v) is 1.46. The molecule has 1 heterocycles. The van der Waals surface area contributed by atoms with E-state index >= 15 is 0 Å². The van der Waals surface area contributed by atoms with Gasteiger partial charge in [-0.3, -0.25) is 4.79 Å². The zero-order valence-corrected chi connectivity index (χ0v) is 10.1. The van der Waals surface area contributed by atoms with Crippen LogP contribution in [0.4, 0.5) is 0 Å². The molecule has 0 radical (unpaired) electrons. The Bertz CT molecular complexity index is 173. The van der Waals surface area contributed by atoms with Crippen molar-refractivity contribution >= 4 is 18.3 Å². The molecule has 1 fully saturated rings. The molecule has 5 heteroatoms. The van der Waals surface area contributed by atoms with Crippen LogP contribution in [0.5, 0.6) is 0 Å². The molecule has 90 valence electrons. The lowest BCUT2D eigenvalue weighted by Gasteiger charge is -2.09. The predicted octanol–water partition coefficient (Wildman–Crippen LogP) is 0.560. The number of nitrogens with one attached hydrogen (secondary N) is 2. The van der Waals surface area contributed by atoms with Crippen molar-refractivity contribution in [1.82, 2.24) is 10.6 Å². The first-order valence-electron chi connectivity index (χ1n) is 5.40. The molecule has 0 aliphatic carbocycles. The van der Waals surface area contributed by atoms with Crippen LogP contribution in [0.15, 0.2) is 0 Å². The van der Waals surface area contributed by atoms with Crippen molar-refractivity contribution in [2.24, 2.45) is 5.92 Å². The molecule has 0 aromatic carbocycles. The van der Waals surface area contributed by atoms with E-state index in [1.165, 1.54) is 0 Å². The summed E-state index contributed by atoms with van der Waals surface area (Å²) in [6, 6.07) is 0. The van der Waals surface area contributed by atoms with E-state index in [0.29, 0.717) is 6.61 Å². The van der Waals surface area contributed by atoms with Crippen LogP contribution in [-0.4, -0.2) is 38.8 Å². The molecule has 0 aromatic rings. The van der Waals surface area contributed by atoms with E-state index in [2.05, 4.69) is 17.6 Å². The van der Waals surface area contributed by atoms with Crippen molar-refractivity contribution in [1.29, 1.82) is 0 Å². The molecule has 1 rings (SSSR count). The Morgan fingerprint density at radius 1 is 1.40 bits per heavy atom. The van der Waals surface area contributed by atoms with Crippen molar-refractivity contribution in [3.8, 4) is 0 Å². The molecular weight excluding hydrogens is 216 g/mol. The average molecular weight is 237 g/mol. The minimum atomic E-state index is 0. The minimum Gasteiger partial charge on any atom is -0.381 e. The van der Waals surface area contributed by atoms with Gasteiger partial charge in [-0.2, -0.15) is 0 Å². The van der Waals surface area contributed by atoms with Gasteiger partial charge in [-0.05, 0) is 19.4 Å². The second-order valence-electron chi connectivity index (χ2n) is 3.60. The summed E-state index contributed by atoms with van der Waals surface area (Å²) in [5, 5.41) is 6.14. The normalized spacial score (nSPS) is 19.7. The highest BCUT2D eigenvalue weighted by atomic mass is 35.5. The van der Waals surface area contributed by atoms with Gasteiger partial charge >= 0.3 is 0 Å². The van der Waals surface area contributed by atoms with Crippen molar-refractivity contribution < 1.29 is 9.53 Å². The molecule has 1 unspecified atom stereocenters. The van der Waals surface area contributed by atoms with Gasteiger partial charge in [0.2, 0.25) is 5.91 Å². The van der Waals surface area contributed by atoms with Crippen molar-refractivity contribution in [2.75, 3.05) is 32.8 Å². The van der Waals surface area contributed by atoms with Crippen molar-refractivity contribution in [3.05, 3.63) is 0 Å². The summed E-state index contributed by atoms with van der Waals surface area (Å²) in [5.74, 6) is 0.224. The molecular formula is C10H21ClN2O2. The molecule has 0 bridgehead atoms. The van der Waals surface area contributed by atoms with E-state index in [1.54, 1.807) is 0 Å². The maximum atomic E-state index is 11.5. The zero-order valence-electron chi connectivity index (χ0n) is 9.25. The van der Waals surface area contributed by atoms with E-state index in [0.717, 1.165) is 39.1 Å². The van der Waals surface area contributed by atoms with Gasteiger partial charge in [0.25, 0.3) is 0 Å². The topological polar surface area (TPSA) is 50.4 Å². The third-order valence-corrected chi connectivity index (χ3v) is 2.33. The van der Waals surface area contributed by atoms with Crippen LogP contribution < -0.4 is 10.6 Å². The Labute approximate surface area is 97.5 Å². The summed E-state index contributed by atoms with van der Waals surface area (Å²) in [5.41, 5.74) is 0. The van der Waals surface area contributed by atoms with Gasteiger partial charge in [-0.25, -0.2) is 0 Å². The molecule has 15 heavy (non-hydrogen) atoms. The number of halogens is 1. The molecule has 0 saturated carbocycles. The molecule has 0 aromatic heterocycles. The van der Waals surface area contributed by atoms with E-state index in [4.69, 9.17) is 4.74 Å². The van der Waals surface area contributed by atoms with Gasteiger partial charge in [-0.1, -0.05) is 6.92 Å². The van der Waals surface area contributed by atoms with Crippen LogP contribution in [0.1, 0.15) is 19.8 Å². The molecule has 2 N–H and O–H groups in total. The fourth-order valence-electron chi connectivity index (χ4n) is 1.46. The SMILES string of the molecule is CCCNCCNC(=O)C1CCOC1.Cl. The van der Waals surface area contributed by atoms with Crippen LogP contribution >= 0.6 is 12.4 Å². The monoisotopic (exact) mass is 236 g/mol. The molecule has 0 spiro atoms. The number of carbonyl (C=O) groups is 1. The first-order valence-corrected chi connectivity index (χ1v) is 5.40. The van der Waals surface area contributed by atoms with Crippen molar-refractivity contribution in [2.45, 2.75) is 19.8 Å². The molecule has 1 amide bonds. The first kappa shape index (κ1) is 14.7. The van der Waals surface area contributed by atoms with Gasteiger partial charge < -0.3 is 15.4 Å². The van der Waals surface area contributed by atoms with Gasteiger partial charge in [-0.15, -0.1) is 12.4 Å². The van der Waals surface area contributed by atoms with Crippen molar-refractivity contribution in [3.63, 3.8) is 0 Å². The summed E-state index contributed by atoms with van der Waals surface area (Å²) in [6.07, 6.45) is 2.00. The highest BCUT2D eigenvalue weighted by Gasteiger charge is 2.22. The Morgan fingerprint density at radius 2 is 2.20 bits per heavy atom. The summed E-state index contributed by atoms with van der Waals surface area (Å²) >= 11 is 0. The number of ether oxygens (including phenoxy) is 1. The van der Waals surface area contributed by atoms with E-state index in [9.17, 15) is 4.79 Å². The standard InChI is InChI=1S/C10H20N2O2.ClH/c1-2-4-11-5-6-12-10(13)9-3-7-14-8-9;/h9,11H,2-8H2,1H3,(H,12,13);1H. The third kappa shape index (κ3) is 5.97. The van der Waals surface area contributed by atoms with E-state index < -0.39 is 0 Å². The second-order valence-corrected chi connectivity index (χ2v) is 3.60. The zero-order chi connectivity index (χ0) is 10.2. The highest BCUT2D eigenvalue weighted by Crippen LogP contribution is 2.11. The first-order chi connectivity index (χ1) is 6.84. The number of hydrogen-bond acceptors (Lipinski definition) is 3. The van der Waals surface area contributed by atoms with Crippen LogP contribution in [-0.2, 0) is 9.53 Å². The highest BCUT2D eigenvalue weighted by molar-refractivity contribution is 5.85. The maximum absolute atomic E-state index is 11.5. The van der Waals surface area contributed by atoms with Gasteiger partial charge in [0, 0.05) is 19.7 Å². The third-order valence-electron chi connectivity index (χ3n) is 2.33. The Kier molecular flexibility index (Phi) is 8.76. The average Bonchev–Trinajstić information content (AvgIpc) is 2.70. The number of carbonyl (C=O) groups excluding carboxylic acids is 1. The largest absolute Gasteiger partial charge is 0.381 e. The summed E-state index contributed by atoms with van der Waals surface area (Å²) in [6.45, 7) is 6.03. The lowest BCUT2D eigenvalue weighted by molar-refractivity contribution is -0.124. The molecule has 4 nitrogen and oxygen atoms in total. The summed E-state index contributed by atoms with van der Waals surface area (Å²) < 4.78 is 5.15. The molecule has 1 atom stereocenters. The number of hydrogen-bond donors (Lipinski definition) is 2. The number of rotatable bonds is 6. The Hall–Kier alpha value is -0.320. The molecule has 1 saturated heterocycles. The van der Waals surface area contributed by atoms with Gasteiger partial charge in [0.1, 0.15) is 0 Å². The smallest absolute Gasteiger partial charge is 0.225 e. The Morgan fingerprint density at radius 3 is 2.80 bits per heavy atom. The predicted molar refractivity (Wildman–Crippen MR) is 62.3 cm³/mol. The van der Waals surface area contributed by atoms with Gasteiger partial charge in [0.15, 0.2) is 0 Å². The van der Waals surface area contributed by atoms with Crippen LogP contribution in [0.25, 0.3) is 0 Å². The number of amides is 1. The van der Waals surface area contributed by atoms with Crippen LogP contribution in [0.3, 0.4) is 0 Å². The van der Waals surface area contributed by atoms with Gasteiger partial charge in [0.05, 0.1) is 12.5 Å². The maximum Gasteiger partial charge on any atom is 0.225 e. The summed E-state index contributed by atoms with van der Waals surface area (Å²) in [7, 11) is 0. The molecule has 1 aliphatic heterocycles. The second kappa shape index (κ2) is 8.95. The quantitative estimate of drug-likeness (QED) is 0.663. The summed E-state index contributed by atoms with van der Waals surface area (Å²) in [4.78, 5) is 11.5.